The number of fused-ring (bicyclic) bond motifs is 4. The Kier molecular flexibility index (Phi) is 3.56. The fraction of sp³-hybridized carbons (Fsp3) is 0.533. The van der Waals surface area contributed by atoms with E-state index in [4.69, 9.17) is 21.7 Å². The number of nitrogens with zero attached hydrogens (tertiary/aromatic N) is 1. The van der Waals surface area contributed by atoms with Crippen LogP contribution >= 0.6 is 28.1 Å². The zero-order valence-electron chi connectivity index (χ0n) is 12.6. The largest absolute Gasteiger partial charge is 0.497 e. The second-order valence-electron chi connectivity index (χ2n) is 5.64. The lowest BCUT2D eigenvalue weighted by atomic mass is 9.81. The summed E-state index contributed by atoms with van der Waals surface area (Å²) < 4.78 is 12.7. The molecule has 1 aromatic rings. The van der Waals surface area contributed by atoms with Crippen LogP contribution in [0.1, 0.15) is 32.4 Å². The summed E-state index contributed by atoms with van der Waals surface area (Å²) in [6.07, 6.45) is 0. The third-order valence-corrected chi connectivity index (χ3v) is 5.57. The van der Waals surface area contributed by atoms with Gasteiger partial charge in [0, 0.05) is 18.0 Å². The van der Waals surface area contributed by atoms with Crippen LogP contribution in [0.4, 0.5) is 0 Å². The van der Waals surface area contributed by atoms with E-state index in [0.29, 0.717) is 0 Å². The Morgan fingerprint density at radius 1 is 1.52 bits per heavy atom. The quantitative estimate of drug-likeness (QED) is 0.806. The maximum absolute atomic E-state index is 6.40. The molecule has 2 heterocycles. The van der Waals surface area contributed by atoms with Crippen molar-refractivity contribution in [1.82, 2.24) is 10.2 Å². The highest BCUT2D eigenvalue weighted by molar-refractivity contribution is 9.10. The highest BCUT2D eigenvalue weighted by Gasteiger charge is 2.53. The summed E-state index contributed by atoms with van der Waals surface area (Å²) in [7, 11) is 1.67. The van der Waals surface area contributed by atoms with Crippen molar-refractivity contribution in [3.05, 3.63) is 22.2 Å². The van der Waals surface area contributed by atoms with Crippen LogP contribution in [-0.4, -0.2) is 29.4 Å². The van der Waals surface area contributed by atoms with Crippen LogP contribution in [-0.2, 0) is 0 Å². The van der Waals surface area contributed by atoms with E-state index < -0.39 is 5.72 Å². The second kappa shape index (κ2) is 5.02. The van der Waals surface area contributed by atoms with E-state index in [1.54, 1.807) is 7.11 Å². The molecule has 1 fully saturated rings. The van der Waals surface area contributed by atoms with Gasteiger partial charge in [-0.1, -0.05) is 6.92 Å². The topological polar surface area (TPSA) is 33.7 Å². The molecule has 1 N–H and O–H groups in total. The first-order chi connectivity index (χ1) is 9.92. The molecule has 2 bridgehead atoms. The molecule has 1 aromatic carbocycles. The molecule has 114 valence electrons. The number of halogens is 1. The predicted octanol–water partition coefficient (Wildman–Crippen LogP) is 3.45. The average molecular weight is 371 g/mol. The van der Waals surface area contributed by atoms with Gasteiger partial charge < -0.3 is 19.7 Å². The number of benzene rings is 1. The van der Waals surface area contributed by atoms with Crippen LogP contribution in [0.15, 0.2) is 16.6 Å². The zero-order chi connectivity index (χ0) is 15.4. The average Bonchev–Trinajstić information content (AvgIpc) is 2.44. The molecule has 3 atom stereocenters. The molecule has 3 rings (SSSR count). The van der Waals surface area contributed by atoms with Crippen molar-refractivity contribution >= 4 is 33.3 Å². The van der Waals surface area contributed by atoms with Crippen LogP contribution in [0.3, 0.4) is 0 Å². The summed E-state index contributed by atoms with van der Waals surface area (Å²) in [6.45, 7) is 7.20. The number of ether oxygens (including phenoxy) is 2. The summed E-state index contributed by atoms with van der Waals surface area (Å²) in [4.78, 5) is 2.11. The molecule has 2 aliphatic rings. The van der Waals surface area contributed by atoms with Crippen LogP contribution in [0, 0.1) is 5.92 Å². The third kappa shape index (κ3) is 2.03. The standard InChI is InChI=1S/C15H19BrN2O2S/c1-5-18-14(21)17-12-8(2)15(18,3)20-13-10(12)6-9(19-4)7-11(13)16/h6-8,12H,5H2,1-4H3,(H,17,21). The zero-order valence-corrected chi connectivity index (χ0v) is 15.0. The van der Waals surface area contributed by atoms with Gasteiger partial charge in [-0.3, -0.25) is 0 Å². The van der Waals surface area contributed by atoms with Gasteiger partial charge in [0.1, 0.15) is 11.5 Å². The second-order valence-corrected chi connectivity index (χ2v) is 6.89. The van der Waals surface area contributed by atoms with Gasteiger partial charge in [-0.15, -0.1) is 0 Å². The van der Waals surface area contributed by atoms with Crippen molar-refractivity contribution in [2.24, 2.45) is 5.92 Å². The highest BCUT2D eigenvalue weighted by Crippen LogP contribution is 2.51. The SMILES string of the molecule is CCN1C(=S)NC2c3cc(OC)cc(Br)c3OC1(C)C2C. The molecule has 6 heteroatoms. The maximum Gasteiger partial charge on any atom is 0.186 e. The van der Waals surface area contributed by atoms with E-state index >= 15 is 0 Å². The minimum Gasteiger partial charge on any atom is -0.497 e. The number of hydrogen-bond acceptors (Lipinski definition) is 3. The van der Waals surface area contributed by atoms with Gasteiger partial charge in [0.2, 0.25) is 0 Å². The molecule has 0 saturated carbocycles. The number of hydrogen-bond donors (Lipinski definition) is 1. The van der Waals surface area contributed by atoms with Crippen molar-refractivity contribution < 1.29 is 9.47 Å². The Hall–Kier alpha value is -1.01. The molecule has 0 aromatic heterocycles. The molecule has 2 aliphatic heterocycles. The van der Waals surface area contributed by atoms with Crippen molar-refractivity contribution in [2.75, 3.05) is 13.7 Å². The van der Waals surface area contributed by atoms with E-state index in [-0.39, 0.29) is 12.0 Å². The molecule has 3 unspecified atom stereocenters. The Labute approximate surface area is 138 Å². The van der Waals surface area contributed by atoms with Crippen molar-refractivity contribution in [1.29, 1.82) is 0 Å². The summed E-state index contributed by atoms with van der Waals surface area (Å²) in [5, 5.41) is 4.20. The summed E-state index contributed by atoms with van der Waals surface area (Å²) in [5.41, 5.74) is 0.649. The molecule has 0 radical (unpaired) electrons. The van der Waals surface area contributed by atoms with Gasteiger partial charge in [-0.2, -0.15) is 0 Å². The first-order valence-electron chi connectivity index (χ1n) is 7.07. The van der Waals surface area contributed by atoms with E-state index in [9.17, 15) is 0 Å². The van der Waals surface area contributed by atoms with Gasteiger partial charge in [0.25, 0.3) is 0 Å². The Balaban J connectivity index is 2.17. The van der Waals surface area contributed by atoms with Crippen LogP contribution in [0.25, 0.3) is 0 Å². The molecular weight excluding hydrogens is 352 g/mol. The lowest BCUT2D eigenvalue weighted by Gasteiger charge is -2.56. The number of thiocarbonyl (C=S) groups is 1. The number of methoxy groups -OCH3 is 1. The first-order valence-corrected chi connectivity index (χ1v) is 8.27. The van der Waals surface area contributed by atoms with E-state index in [1.165, 1.54) is 0 Å². The molecule has 0 spiro atoms. The van der Waals surface area contributed by atoms with Gasteiger partial charge >= 0.3 is 0 Å². The molecule has 4 nitrogen and oxygen atoms in total. The lowest BCUT2D eigenvalue weighted by molar-refractivity contribution is -0.109. The smallest absolute Gasteiger partial charge is 0.186 e. The summed E-state index contributed by atoms with van der Waals surface area (Å²) >= 11 is 9.12. The Morgan fingerprint density at radius 2 is 2.24 bits per heavy atom. The van der Waals surface area contributed by atoms with Gasteiger partial charge in [-0.05, 0) is 54.1 Å². The molecule has 21 heavy (non-hydrogen) atoms. The molecule has 0 aliphatic carbocycles. The predicted molar refractivity (Wildman–Crippen MR) is 89.7 cm³/mol. The van der Waals surface area contributed by atoms with Crippen molar-refractivity contribution in [3.8, 4) is 11.5 Å². The third-order valence-electron chi connectivity index (χ3n) is 4.65. The van der Waals surface area contributed by atoms with E-state index in [0.717, 1.165) is 33.2 Å². The van der Waals surface area contributed by atoms with Crippen LogP contribution in [0.5, 0.6) is 11.5 Å². The van der Waals surface area contributed by atoms with E-state index in [2.05, 4.69) is 46.9 Å². The fourth-order valence-corrected chi connectivity index (χ4v) is 4.27. The fourth-order valence-electron chi connectivity index (χ4n) is 3.30. The van der Waals surface area contributed by atoms with Crippen molar-refractivity contribution in [3.63, 3.8) is 0 Å². The minimum atomic E-state index is -0.439. The molecule has 1 saturated heterocycles. The van der Waals surface area contributed by atoms with E-state index in [1.807, 2.05) is 12.1 Å². The van der Waals surface area contributed by atoms with Gasteiger partial charge in [-0.25, -0.2) is 0 Å². The molecular formula is C15H19BrN2O2S. The van der Waals surface area contributed by atoms with Crippen molar-refractivity contribution in [2.45, 2.75) is 32.5 Å². The number of rotatable bonds is 2. The highest BCUT2D eigenvalue weighted by atomic mass is 79.9. The first kappa shape index (κ1) is 14.9. The minimum absolute atomic E-state index is 0.125. The van der Waals surface area contributed by atoms with Crippen LogP contribution in [0.2, 0.25) is 0 Å². The monoisotopic (exact) mass is 370 g/mol. The Morgan fingerprint density at radius 3 is 2.86 bits per heavy atom. The van der Waals surface area contributed by atoms with Gasteiger partial charge in [0.15, 0.2) is 10.8 Å². The normalized spacial score (nSPS) is 30.3. The lowest BCUT2D eigenvalue weighted by Crippen LogP contribution is -2.68. The van der Waals surface area contributed by atoms with Crippen LogP contribution < -0.4 is 14.8 Å². The summed E-state index contributed by atoms with van der Waals surface area (Å²) in [5.74, 6) is 1.94. The number of nitrogens with one attached hydrogen (secondary N) is 1. The Bertz CT molecular complexity index is 610. The summed E-state index contributed by atoms with van der Waals surface area (Å²) in [6, 6.07) is 4.08. The maximum atomic E-state index is 6.40. The molecule has 0 amide bonds. The van der Waals surface area contributed by atoms with Gasteiger partial charge in [0.05, 0.1) is 17.6 Å².